The zero-order chi connectivity index (χ0) is 19.2. The molecule has 0 aliphatic rings. The number of benzene rings is 1. The number of imidazole rings is 1. The highest BCUT2D eigenvalue weighted by molar-refractivity contribution is 5.94. The zero-order valence-corrected chi connectivity index (χ0v) is 16.1. The van der Waals surface area contributed by atoms with E-state index in [9.17, 15) is 4.79 Å². The smallest absolute Gasteiger partial charge is 0.251 e. The number of ether oxygens (including phenoxy) is 1. The molecule has 0 atom stereocenters. The van der Waals surface area contributed by atoms with Crippen molar-refractivity contribution in [1.29, 1.82) is 0 Å². The molecule has 1 amide bonds. The van der Waals surface area contributed by atoms with E-state index in [-0.39, 0.29) is 5.91 Å². The van der Waals surface area contributed by atoms with Crippen molar-refractivity contribution in [2.24, 2.45) is 0 Å². The average Bonchev–Trinajstić information content (AvgIpc) is 3.11. The highest BCUT2D eigenvalue weighted by Crippen LogP contribution is 2.15. The Bertz CT molecular complexity index is 902. The van der Waals surface area contributed by atoms with Crippen molar-refractivity contribution in [2.45, 2.75) is 20.5 Å². The average molecular weight is 366 g/mol. The van der Waals surface area contributed by atoms with Crippen molar-refractivity contribution in [1.82, 2.24) is 19.6 Å². The second kappa shape index (κ2) is 8.68. The third-order valence-electron chi connectivity index (χ3n) is 4.55. The fraction of sp³-hybridized carbons (Fsp3) is 0.333. The van der Waals surface area contributed by atoms with E-state index in [1.165, 1.54) is 0 Å². The maximum Gasteiger partial charge on any atom is 0.251 e. The molecule has 6 nitrogen and oxygen atoms in total. The quantitative estimate of drug-likeness (QED) is 0.666. The molecule has 142 valence electrons. The number of aryl methyl sites for hydroxylation is 1. The zero-order valence-electron chi connectivity index (χ0n) is 16.1. The number of pyridine rings is 1. The minimum Gasteiger partial charge on any atom is -0.487 e. The number of carbonyl (C=O) groups excluding carboxylic acids is 1. The Balaban J connectivity index is 1.54. The van der Waals surface area contributed by atoms with E-state index in [1.807, 2.05) is 55.0 Å². The van der Waals surface area contributed by atoms with Crippen LogP contribution in [-0.4, -0.2) is 46.9 Å². The van der Waals surface area contributed by atoms with Crippen LogP contribution in [0.2, 0.25) is 0 Å². The molecule has 0 bridgehead atoms. The maximum atomic E-state index is 12.2. The molecule has 0 aliphatic heterocycles. The van der Waals surface area contributed by atoms with E-state index in [0.717, 1.165) is 30.0 Å². The number of hydrogen-bond donors (Lipinski definition) is 1. The van der Waals surface area contributed by atoms with E-state index in [0.29, 0.717) is 24.5 Å². The fourth-order valence-electron chi connectivity index (χ4n) is 2.75. The first kappa shape index (κ1) is 18.9. The summed E-state index contributed by atoms with van der Waals surface area (Å²) in [5, 5.41) is 2.93. The van der Waals surface area contributed by atoms with Crippen LogP contribution in [-0.2, 0) is 6.61 Å². The fourth-order valence-corrected chi connectivity index (χ4v) is 2.75. The predicted molar refractivity (Wildman–Crippen MR) is 106 cm³/mol. The van der Waals surface area contributed by atoms with Crippen LogP contribution < -0.4 is 10.1 Å². The molecule has 0 spiro atoms. The van der Waals surface area contributed by atoms with Gasteiger partial charge in [-0.15, -0.1) is 0 Å². The normalized spacial score (nSPS) is 11.1. The van der Waals surface area contributed by atoms with Crippen LogP contribution in [0.15, 0.2) is 48.8 Å². The van der Waals surface area contributed by atoms with Crippen LogP contribution in [0.3, 0.4) is 0 Å². The number of nitrogens with one attached hydrogen (secondary N) is 1. The third kappa shape index (κ3) is 4.86. The lowest BCUT2D eigenvalue weighted by atomic mass is 10.2. The highest BCUT2D eigenvalue weighted by Gasteiger charge is 2.07. The Hall–Kier alpha value is -2.86. The van der Waals surface area contributed by atoms with E-state index in [1.54, 1.807) is 12.1 Å². The molecule has 6 heteroatoms. The van der Waals surface area contributed by atoms with Gasteiger partial charge in [0.05, 0.1) is 5.69 Å². The Morgan fingerprint density at radius 1 is 1.26 bits per heavy atom. The molecule has 1 N–H and O–H groups in total. The Morgan fingerprint density at radius 2 is 2.04 bits per heavy atom. The molecule has 2 aromatic heterocycles. The van der Waals surface area contributed by atoms with Gasteiger partial charge >= 0.3 is 0 Å². The van der Waals surface area contributed by atoms with E-state index >= 15 is 0 Å². The molecule has 0 saturated carbocycles. The van der Waals surface area contributed by atoms with Crippen LogP contribution in [0.4, 0.5) is 0 Å². The molecule has 0 fully saturated rings. The number of aromatic nitrogens is 2. The number of fused-ring (bicyclic) bond motifs is 1. The largest absolute Gasteiger partial charge is 0.487 e. The van der Waals surface area contributed by atoms with Crippen LogP contribution >= 0.6 is 0 Å². The van der Waals surface area contributed by atoms with E-state index in [2.05, 4.69) is 22.1 Å². The standard InChI is InChI=1S/C21H26N4O2/c1-4-24(3)13-11-22-21(26)17-7-9-19(10-8-17)27-15-18-14-25-12-5-6-16(2)20(25)23-18/h5-10,12,14H,4,11,13,15H2,1-3H3,(H,22,26). The van der Waals surface area contributed by atoms with Gasteiger partial charge in [-0.05, 0) is 56.4 Å². The summed E-state index contributed by atoms with van der Waals surface area (Å²) in [6.45, 7) is 6.95. The van der Waals surface area contributed by atoms with Crippen molar-refractivity contribution >= 4 is 11.6 Å². The first-order valence-corrected chi connectivity index (χ1v) is 9.19. The second-order valence-electron chi connectivity index (χ2n) is 6.62. The number of hydrogen-bond acceptors (Lipinski definition) is 4. The minimum absolute atomic E-state index is 0.0677. The van der Waals surface area contributed by atoms with Gasteiger partial charge in [-0.3, -0.25) is 4.79 Å². The van der Waals surface area contributed by atoms with Crippen LogP contribution in [0.25, 0.3) is 5.65 Å². The first-order chi connectivity index (χ1) is 13.1. The summed E-state index contributed by atoms with van der Waals surface area (Å²) in [6.07, 6.45) is 3.95. The minimum atomic E-state index is -0.0677. The summed E-state index contributed by atoms with van der Waals surface area (Å²) in [4.78, 5) is 18.9. The molecule has 0 unspecified atom stereocenters. The summed E-state index contributed by atoms with van der Waals surface area (Å²) in [5.41, 5.74) is 3.57. The van der Waals surface area contributed by atoms with Gasteiger partial charge in [0.1, 0.15) is 18.0 Å². The van der Waals surface area contributed by atoms with Crippen molar-refractivity contribution in [2.75, 3.05) is 26.7 Å². The number of likely N-dealkylation sites (N-methyl/N-ethyl adjacent to an activating group) is 1. The molecule has 2 heterocycles. The van der Waals surface area contributed by atoms with Crippen molar-refractivity contribution < 1.29 is 9.53 Å². The molecule has 3 aromatic rings. The lowest BCUT2D eigenvalue weighted by Crippen LogP contribution is -2.32. The van der Waals surface area contributed by atoms with Crippen molar-refractivity contribution in [3.63, 3.8) is 0 Å². The number of nitrogens with zero attached hydrogens (tertiary/aromatic N) is 3. The van der Waals surface area contributed by atoms with Gasteiger partial charge in [0.25, 0.3) is 5.91 Å². The second-order valence-corrected chi connectivity index (χ2v) is 6.62. The summed E-state index contributed by atoms with van der Waals surface area (Å²) in [7, 11) is 2.03. The van der Waals surface area contributed by atoms with Gasteiger partial charge in [-0.2, -0.15) is 0 Å². The van der Waals surface area contributed by atoms with Crippen LogP contribution in [0, 0.1) is 6.92 Å². The molecule has 0 radical (unpaired) electrons. The number of carbonyl (C=O) groups is 1. The monoisotopic (exact) mass is 366 g/mol. The number of amides is 1. The molecule has 0 saturated heterocycles. The Morgan fingerprint density at radius 3 is 2.74 bits per heavy atom. The van der Waals surface area contributed by atoms with Crippen molar-refractivity contribution in [3.8, 4) is 5.75 Å². The van der Waals surface area contributed by atoms with Gasteiger partial charge in [-0.1, -0.05) is 13.0 Å². The van der Waals surface area contributed by atoms with Gasteiger partial charge in [0, 0.05) is 31.0 Å². The molecule has 0 aliphatic carbocycles. The SMILES string of the molecule is CCN(C)CCNC(=O)c1ccc(OCc2cn3cccc(C)c3n2)cc1. The molecule has 27 heavy (non-hydrogen) atoms. The van der Waals surface area contributed by atoms with Crippen molar-refractivity contribution in [3.05, 3.63) is 65.6 Å². The highest BCUT2D eigenvalue weighted by atomic mass is 16.5. The topological polar surface area (TPSA) is 58.9 Å². The first-order valence-electron chi connectivity index (χ1n) is 9.19. The predicted octanol–water partition coefficient (Wildman–Crippen LogP) is 2.90. The summed E-state index contributed by atoms with van der Waals surface area (Å²) < 4.78 is 7.81. The molecule has 1 aromatic carbocycles. The maximum absolute atomic E-state index is 12.2. The number of rotatable bonds is 8. The van der Waals surface area contributed by atoms with Gasteiger partial charge in [0.15, 0.2) is 0 Å². The van der Waals surface area contributed by atoms with Gasteiger partial charge in [-0.25, -0.2) is 4.98 Å². The van der Waals surface area contributed by atoms with E-state index in [4.69, 9.17) is 4.74 Å². The molecular formula is C21H26N4O2. The molecular weight excluding hydrogens is 340 g/mol. The third-order valence-corrected chi connectivity index (χ3v) is 4.55. The summed E-state index contributed by atoms with van der Waals surface area (Å²) in [6, 6.07) is 11.2. The van der Waals surface area contributed by atoms with Gasteiger partial charge < -0.3 is 19.4 Å². The van der Waals surface area contributed by atoms with Crippen LogP contribution in [0.1, 0.15) is 28.5 Å². The Kier molecular flexibility index (Phi) is 6.08. The summed E-state index contributed by atoms with van der Waals surface area (Å²) >= 11 is 0. The Labute approximate surface area is 159 Å². The lowest BCUT2D eigenvalue weighted by Gasteiger charge is -2.14. The summed E-state index contributed by atoms with van der Waals surface area (Å²) in [5.74, 6) is 0.646. The lowest BCUT2D eigenvalue weighted by molar-refractivity contribution is 0.0950. The van der Waals surface area contributed by atoms with Crippen LogP contribution in [0.5, 0.6) is 5.75 Å². The van der Waals surface area contributed by atoms with E-state index < -0.39 is 0 Å². The van der Waals surface area contributed by atoms with Gasteiger partial charge in [0.2, 0.25) is 0 Å². The molecule has 3 rings (SSSR count).